The Labute approximate surface area is 208 Å². The lowest BCUT2D eigenvalue weighted by Crippen LogP contribution is -2.64. The molecule has 2 aliphatic heterocycles. The van der Waals surface area contributed by atoms with Gasteiger partial charge in [0, 0.05) is 36.8 Å². The van der Waals surface area contributed by atoms with Crippen molar-refractivity contribution in [1.82, 2.24) is 0 Å². The van der Waals surface area contributed by atoms with Crippen LogP contribution in [0.25, 0.3) is 0 Å². The monoisotopic (exact) mass is 510 g/mol. The first-order valence-electron chi connectivity index (χ1n) is 11.4. The maximum Gasteiger partial charge on any atom is 0.224 e. The number of hydrogen-bond acceptors (Lipinski definition) is 9. The van der Waals surface area contributed by atoms with Crippen molar-refractivity contribution in [2.45, 2.75) is 48.8 Å². The predicted octanol–water partition coefficient (Wildman–Crippen LogP) is 1.52. The normalized spacial score (nSPS) is 31.9. The SMILES string of the molecule is COC(c1ccc(O[C@@H]2CCOC2)cc1)c1cc(C2(OC)O[C@H](CO)[C@@H](O)[C@H](O)[C@H]2O)ccc1Cl. The van der Waals surface area contributed by atoms with Crippen LogP contribution in [0, 0.1) is 0 Å². The molecule has 192 valence electrons. The van der Waals surface area contributed by atoms with Crippen molar-refractivity contribution in [3.63, 3.8) is 0 Å². The van der Waals surface area contributed by atoms with Gasteiger partial charge in [-0.05, 0) is 29.8 Å². The van der Waals surface area contributed by atoms with Gasteiger partial charge in [-0.1, -0.05) is 29.8 Å². The number of ether oxygens (including phenoxy) is 5. The zero-order chi connectivity index (χ0) is 25.2. The van der Waals surface area contributed by atoms with Crippen LogP contribution in [-0.2, 0) is 24.7 Å². The number of aliphatic hydroxyl groups excluding tert-OH is 4. The molecule has 7 atom stereocenters. The Hall–Kier alpha value is -1.79. The first kappa shape index (κ1) is 26.3. The smallest absolute Gasteiger partial charge is 0.224 e. The van der Waals surface area contributed by atoms with Crippen molar-refractivity contribution in [3.05, 3.63) is 64.2 Å². The van der Waals surface area contributed by atoms with Crippen LogP contribution >= 0.6 is 11.6 Å². The van der Waals surface area contributed by atoms with Crippen LogP contribution in [0.1, 0.15) is 29.2 Å². The molecule has 2 saturated heterocycles. The maximum absolute atomic E-state index is 10.8. The summed E-state index contributed by atoms with van der Waals surface area (Å²) in [5.41, 5.74) is 1.71. The van der Waals surface area contributed by atoms with Gasteiger partial charge in [0.1, 0.15) is 42.4 Å². The van der Waals surface area contributed by atoms with Gasteiger partial charge in [-0.15, -0.1) is 0 Å². The van der Waals surface area contributed by atoms with Crippen LogP contribution in [-0.4, -0.2) is 85.0 Å². The van der Waals surface area contributed by atoms with Crippen molar-refractivity contribution >= 4 is 11.6 Å². The standard InChI is InChI=1S/C25H31ClO9/c1-31-23(14-3-6-16(7-4-14)34-17-9-10-33-13-17)18-11-15(5-8-19(18)26)25(32-2)24(30)22(29)21(28)20(12-27)35-25/h3-8,11,17,20-24,27-30H,9-10,12-13H2,1-2H3/t17-,20-,21-,22+,23?,24-,25?/m1/s1. The van der Waals surface area contributed by atoms with Gasteiger partial charge in [-0.2, -0.15) is 0 Å². The topological polar surface area (TPSA) is 127 Å². The third kappa shape index (κ3) is 5.06. The third-order valence-electron chi connectivity index (χ3n) is 6.54. The van der Waals surface area contributed by atoms with E-state index in [0.29, 0.717) is 29.4 Å². The second-order valence-electron chi connectivity index (χ2n) is 8.66. The Morgan fingerprint density at radius 3 is 2.43 bits per heavy atom. The third-order valence-corrected chi connectivity index (χ3v) is 6.89. The molecule has 2 aromatic rings. The molecule has 35 heavy (non-hydrogen) atoms. The highest BCUT2D eigenvalue weighted by molar-refractivity contribution is 6.31. The zero-order valence-electron chi connectivity index (χ0n) is 19.5. The largest absolute Gasteiger partial charge is 0.488 e. The fourth-order valence-corrected chi connectivity index (χ4v) is 4.81. The van der Waals surface area contributed by atoms with E-state index in [0.717, 1.165) is 17.7 Å². The van der Waals surface area contributed by atoms with Crippen molar-refractivity contribution in [2.75, 3.05) is 34.0 Å². The second kappa shape index (κ2) is 11.1. The molecule has 0 bridgehead atoms. The minimum absolute atomic E-state index is 0.0361. The summed E-state index contributed by atoms with van der Waals surface area (Å²) in [7, 11) is 2.85. The summed E-state index contributed by atoms with van der Waals surface area (Å²) in [5.74, 6) is -1.14. The molecular weight excluding hydrogens is 480 g/mol. The lowest BCUT2D eigenvalue weighted by molar-refractivity contribution is -0.366. The van der Waals surface area contributed by atoms with Crippen molar-refractivity contribution in [2.24, 2.45) is 0 Å². The Morgan fingerprint density at radius 1 is 1.09 bits per heavy atom. The summed E-state index contributed by atoms with van der Waals surface area (Å²) in [6, 6.07) is 12.3. The van der Waals surface area contributed by atoms with Gasteiger partial charge in [0.2, 0.25) is 5.79 Å². The van der Waals surface area contributed by atoms with E-state index in [1.165, 1.54) is 7.11 Å². The average Bonchev–Trinajstić information content (AvgIpc) is 3.39. The highest BCUT2D eigenvalue weighted by Crippen LogP contribution is 2.42. The van der Waals surface area contributed by atoms with E-state index >= 15 is 0 Å². The molecule has 2 fully saturated rings. The average molecular weight is 511 g/mol. The fraction of sp³-hybridized carbons (Fsp3) is 0.520. The minimum atomic E-state index is -1.86. The summed E-state index contributed by atoms with van der Waals surface area (Å²) in [4.78, 5) is 0. The number of benzene rings is 2. The first-order chi connectivity index (χ1) is 16.8. The lowest BCUT2D eigenvalue weighted by atomic mass is 9.86. The van der Waals surface area contributed by atoms with Crippen LogP contribution in [0.15, 0.2) is 42.5 Å². The Morgan fingerprint density at radius 2 is 1.83 bits per heavy atom. The van der Waals surface area contributed by atoms with Crippen LogP contribution in [0.3, 0.4) is 0 Å². The van der Waals surface area contributed by atoms with E-state index in [9.17, 15) is 20.4 Å². The van der Waals surface area contributed by atoms with E-state index in [1.807, 2.05) is 24.3 Å². The lowest BCUT2D eigenvalue weighted by Gasteiger charge is -2.47. The molecule has 2 unspecified atom stereocenters. The van der Waals surface area contributed by atoms with E-state index in [2.05, 4.69) is 0 Å². The molecule has 0 aromatic heterocycles. The summed E-state index contributed by atoms with van der Waals surface area (Å²) < 4.78 is 28.4. The van der Waals surface area contributed by atoms with Crippen molar-refractivity contribution in [3.8, 4) is 5.75 Å². The van der Waals surface area contributed by atoms with Gasteiger partial charge in [-0.25, -0.2) is 0 Å². The van der Waals surface area contributed by atoms with Gasteiger partial charge in [0.25, 0.3) is 0 Å². The molecule has 9 nitrogen and oxygen atoms in total. The van der Waals surface area contributed by atoms with Gasteiger partial charge in [-0.3, -0.25) is 0 Å². The maximum atomic E-state index is 10.8. The quantitative estimate of drug-likeness (QED) is 0.418. The molecule has 0 radical (unpaired) electrons. The fourth-order valence-electron chi connectivity index (χ4n) is 4.59. The van der Waals surface area contributed by atoms with Crippen LogP contribution in [0.2, 0.25) is 5.02 Å². The predicted molar refractivity (Wildman–Crippen MR) is 125 cm³/mol. The zero-order valence-corrected chi connectivity index (χ0v) is 20.3. The van der Waals surface area contributed by atoms with E-state index in [4.69, 9.17) is 35.3 Å². The van der Waals surface area contributed by atoms with E-state index < -0.39 is 42.9 Å². The summed E-state index contributed by atoms with van der Waals surface area (Å²) in [6.07, 6.45) is -5.62. The van der Waals surface area contributed by atoms with Crippen LogP contribution in [0.5, 0.6) is 5.75 Å². The highest BCUT2D eigenvalue weighted by atomic mass is 35.5. The Balaban J connectivity index is 1.65. The van der Waals surface area contributed by atoms with Crippen LogP contribution in [0.4, 0.5) is 0 Å². The molecule has 0 aliphatic carbocycles. The molecular formula is C25H31ClO9. The summed E-state index contributed by atoms with van der Waals surface area (Å²) in [5, 5.41) is 41.4. The molecule has 0 amide bonds. The Bertz CT molecular complexity index is 979. The molecule has 2 aliphatic rings. The van der Waals surface area contributed by atoms with Crippen molar-refractivity contribution < 1.29 is 44.1 Å². The molecule has 2 aromatic carbocycles. The van der Waals surface area contributed by atoms with Gasteiger partial charge < -0.3 is 44.1 Å². The number of aliphatic hydroxyl groups is 4. The number of halogens is 1. The van der Waals surface area contributed by atoms with Gasteiger partial charge in [0.15, 0.2) is 0 Å². The first-order valence-corrected chi connectivity index (χ1v) is 11.8. The van der Waals surface area contributed by atoms with E-state index in [1.54, 1.807) is 25.3 Å². The van der Waals surface area contributed by atoms with Gasteiger partial charge >= 0.3 is 0 Å². The molecule has 2 heterocycles. The summed E-state index contributed by atoms with van der Waals surface area (Å²) >= 11 is 6.54. The minimum Gasteiger partial charge on any atom is -0.488 e. The molecule has 0 saturated carbocycles. The number of methoxy groups -OCH3 is 2. The van der Waals surface area contributed by atoms with Crippen LogP contribution < -0.4 is 4.74 Å². The van der Waals surface area contributed by atoms with Gasteiger partial charge in [0.05, 0.1) is 19.8 Å². The highest BCUT2D eigenvalue weighted by Gasteiger charge is 2.55. The van der Waals surface area contributed by atoms with E-state index in [-0.39, 0.29) is 6.10 Å². The molecule has 10 heteroatoms. The molecule has 4 N–H and O–H groups in total. The van der Waals surface area contributed by atoms with Crippen molar-refractivity contribution in [1.29, 1.82) is 0 Å². The molecule has 0 spiro atoms. The molecule has 4 rings (SSSR count). The number of rotatable bonds is 8. The summed E-state index contributed by atoms with van der Waals surface area (Å²) in [6.45, 7) is 0.682. The second-order valence-corrected chi connectivity index (χ2v) is 9.07. The Kier molecular flexibility index (Phi) is 8.32. The number of hydrogen-bond donors (Lipinski definition) is 4.